The molecular weight excluding hydrogens is 244 g/mol. The van der Waals surface area contributed by atoms with E-state index in [4.69, 9.17) is 15.2 Å². The molecule has 1 heterocycles. The lowest BCUT2D eigenvalue weighted by molar-refractivity contribution is -0.142. The van der Waals surface area contributed by atoms with Crippen LogP contribution in [0.25, 0.3) is 0 Å². The van der Waals surface area contributed by atoms with Crippen molar-refractivity contribution >= 4 is 11.6 Å². The van der Waals surface area contributed by atoms with Gasteiger partial charge >= 0.3 is 0 Å². The van der Waals surface area contributed by atoms with Crippen LogP contribution in [0.5, 0.6) is 5.75 Å². The van der Waals surface area contributed by atoms with Crippen molar-refractivity contribution in [3.05, 3.63) is 24.3 Å². The average Bonchev–Trinajstić information content (AvgIpc) is 2.46. The largest absolute Gasteiger partial charge is 0.482 e. The number of carbonyl (C=O) groups excluding carboxylic acids is 1. The number of rotatable bonds is 4. The van der Waals surface area contributed by atoms with Crippen molar-refractivity contribution in [2.75, 3.05) is 32.1 Å². The molecule has 5 nitrogen and oxygen atoms in total. The van der Waals surface area contributed by atoms with Crippen LogP contribution in [0.1, 0.15) is 13.3 Å². The van der Waals surface area contributed by atoms with Gasteiger partial charge in [0.1, 0.15) is 5.75 Å². The van der Waals surface area contributed by atoms with Crippen molar-refractivity contribution in [2.24, 2.45) is 0 Å². The topological polar surface area (TPSA) is 64.8 Å². The minimum Gasteiger partial charge on any atom is -0.482 e. The molecule has 5 heteroatoms. The zero-order valence-corrected chi connectivity index (χ0v) is 11.2. The number of nitrogens with zero attached hydrogens (tertiary/aromatic N) is 1. The molecule has 2 rings (SSSR count). The first-order valence-electron chi connectivity index (χ1n) is 6.57. The van der Waals surface area contributed by atoms with Gasteiger partial charge in [-0.05, 0) is 18.6 Å². The fraction of sp³-hybridized carbons (Fsp3) is 0.500. The van der Waals surface area contributed by atoms with Gasteiger partial charge in [-0.3, -0.25) is 4.79 Å². The summed E-state index contributed by atoms with van der Waals surface area (Å²) in [6.45, 7) is 3.90. The van der Waals surface area contributed by atoms with Gasteiger partial charge < -0.3 is 20.1 Å². The highest BCUT2D eigenvalue weighted by atomic mass is 16.5. The van der Waals surface area contributed by atoms with Gasteiger partial charge in [0.15, 0.2) is 6.61 Å². The van der Waals surface area contributed by atoms with Crippen LogP contribution >= 0.6 is 0 Å². The Labute approximate surface area is 113 Å². The summed E-state index contributed by atoms with van der Waals surface area (Å²) in [4.78, 5) is 14.0. The predicted octanol–water partition coefficient (Wildman–Crippen LogP) is 1.28. The van der Waals surface area contributed by atoms with Crippen LogP contribution in [-0.4, -0.2) is 43.2 Å². The van der Waals surface area contributed by atoms with Crippen LogP contribution in [0.4, 0.5) is 5.69 Å². The van der Waals surface area contributed by atoms with E-state index >= 15 is 0 Å². The highest BCUT2D eigenvalue weighted by molar-refractivity contribution is 5.78. The molecule has 104 valence electrons. The van der Waals surface area contributed by atoms with Crippen LogP contribution < -0.4 is 10.5 Å². The second kappa shape index (κ2) is 6.43. The number of anilines is 1. The summed E-state index contributed by atoms with van der Waals surface area (Å²) in [6, 6.07) is 7.33. The summed E-state index contributed by atoms with van der Waals surface area (Å²) in [7, 11) is 0. The molecule has 0 bridgehead atoms. The Morgan fingerprint density at radius 1 is 1.53 bits per heavy atom. The SMILES string of the molecule is CCC1COCCN1C(=O)COc1ccccc1N. The number of nitrogen functional groups attached to an aromatic ring is 1. The molecule has 19 heavy (non-hydrogen) atoms. The number of nitrogens with two attached hydrogens (primary N) is 1. The van der Waals surface area contributed by atoms with E-state index in [1.165, 1.54) is 0 Å². The van der Waals surface area contributed by atoms with Gasteiger partial charge in [0.2, 0.25) is 0 Å². The van der Waals surface area contributed by atoms with E-state index in [0.717, 1.165) is 6.42 Å². The zero-order valence-electron chi connectivity index (χ0n) is 11.2. The third-order valence-corrected chi connectivity index (χ3v) is 3.29. The molecule has 1 saturated heterocycles. The second-order valence-corrected chi connectivity index (χ2v) is 4.55. The molecule has 1 unspecified atom stereocenters. The lowest BCUT2D eigenvalue weighted by atomic mass is 10.2. The smallest absolute Gasteiger partial charge is 0.260 e. The normalized spacial score (nSPS) is 19.2. The van der Waals surface area contributed by atoms with Crippen molar-refractivity contribution in [1.82, 2.24) is 4.90 Å². The van der Waals surface area contributed by atoms with Gasteiger partial charge in [0, 0.05) is 6.54 Å². The van der Waals surface area contributed by atoms with E-state index in [-0.39, 0.29) is 18.6 Å². The molecular formula is C14H20N2O3. The van der Waals surface area contributed by atoms with Crippen LogP contribution in [-0.2, 0) is 9.53 Å². The first kappa shape index (κ1) is 13.7. The van der Waals surface area contributed by atoms with E-state index in [1.807, 2.05) is 17.0 Å². The van der Waals surface area contributed by atoms with E-state index in [9.17, 15) is 4.79 Å². The van der Waals surface area contributed by atoms with E-state index in [1.54, 1.807) is 12.1 Å². The monoisotopic (exact) mass is 264 g/mol. The molecule has 1 fully saturated rings. The number of benzene rings is 1. The van der Waals surface area contributed by atoms with Gasteiger partial charge in [-0.1, -0.05) is 19.1 Å². The number of amides is 1. The van der Waals surface area contributed by atoms with Gasteiger partial charge in [0.05, 0.1) is 24.9 Å². The molecule has 1 aromatic carbocycles. The zero-order chi connectivity index (χ0) is 13.7. The fourth-order valence-corrected chi connectivity index (χ4v) is 2.16. The Morgan fingerprint density at radius 2 is 2.32 bits per heavy atom. The molecule has 0 aromatic heterocycles. The Hall–Kier alpha value is -1.75. The van der Waals surface area contributed by atoms with E-state index < -0.39 is 0 Å². The summed E-state index contributed by atoms with van der Waals surface area (Å²) in [6.07, 6.45) is 0.888. The lowest BCUT2D eigenvalue weighted by Gasteiger charge is -2.35. The van der Waals surface area contributed by atoms with Gasteiger partial charge in [0.25, 0.3) is 5.91 Å². The van der Waals surface area contributed by atoms with Crippen molar-refractivity contribution in [3.8, 4) is 5.75 Å². The van der Waals surface area contributed by atoms with Gasteiger partial charge in [-0.25, -0.2) is 0 Å². The van der Waals surface area contributed by atoms with Crippen molar-refractivity contribution in [3.63, 3.8) is 0 Å². The Balaban J connectivity index is 1.92. The molecule has 2 N–H and O–H groups in total. The maximum Gasteiger partial charge on any atom is 0.260 e. The summed E-state index contributed by atoms with van der Waals surface area (Å²) in [5, 5.41) is 0. The standard InChI is InChI=1S/C14H20N2O3/c1-2-11-9-18-8-7-16(11)14(17)10-19-13-6-4-3-5-12(13)15/h3-6,11H,2,7-10,15H2,1H3. The summed E-state index contributed by atoms with van der Waals surface area (Å²) in [5.41, 5.74) is 6.31. The third kappa shape index (κ3) is 3.38. The fourth-order valence-electron chi connectivity index (χ4n) is 2.16. The first-order chi connectivity index (χ1) is 9.22. The number of ether oxygens (including phenoxy) is 2. The molecule has 1 aliphatic rings. The van der Waals surface area contributed by atoms with Crippen LogP contribution in [0.2, 0.25) is 0 Å². The van der Waals surface area contributed by atoms with Gasteiger partial charge in [-0.15, -0.1) is 0 Å². The second-order valence-electron chi connectivity index (χ2n) is 4.55. The number of morpholine rings is 1. The molecule has 0 radical (unpaired) electrons. The first-order valence-corrected chi connectivity index (χ1v) is 6.57. The Kier molecular flexibility index (Phi) is 4.63. The molecule has 0 spiro atoms. The molecule has 1 amide bonds. The van der Waals surface area contributed by atoms with Gasteiger partial charge in [-0.2, -0.15) is 0 Å². The average molecular weight is 264 g/mol. The number of carbonyl (C=O) groups is 1. The number of para-hydroxylation sites is 2. The Bertz CT molecular complexity index is 436. The minimum absolute atomic E-state index is 0.0154. The Morgan fingerprint density at radius 3 is 3.05 bits per heavy atom. The molecule has 1 aliphatic heterocycles. The lowest BCUT2D eigenvalue weighted by Crippen LogP contribution is -2.50. The third-order valence-electron chi connectivity index (χ3n) is 3.29. The molecule has 0 aliphatic carbocycles. The minimum atomic E-state index is -0.0154. The molecule has 1 aromatic rings. The van der Waals surface area contributed by atoms with Crippen LogP contribution in [0, 0.1) is 0 Å². The van der Waals surface area contributed by atoms with E-state index in [0.29, 0.717) is 31.2 Å². The highest BCUT2D eigenvalue weighted by Gasteiger charge is 2.26. The highest BCUT2D eigenvalue weighted by Crippen LogP contribution is 2.20. The number of hydrogen-bond acceptors (Lipinski definition) is 4. The van der Waals surface area contributed by atoms with Crippen molar-refractivity contribution < 1.29 is 14.3 Å². The predicted molar refractivity (Wildman–Crippen MR) is 73.0 cm³/mol. The molecule has 1 atom stereocenters. The maximum absolute atomic E-state index is 12.2. The van der Waals surface area contributed by atoms with Crippen molar-refractivity contribution in [2.45, 2.75) is 19.4 Å². The quantitative estimate of drug-likeness (QED) is 0.832. The number of hydrogen-bond donors (Lipinski definition) is 1. The summed E-state index contributed by atoms with van der Waals surface area (Å²) < 4.78 is 10.9. The van der Waals surface area contributed by atoms with E-state index in [2.05, 4.69) is 6.92 Å². The van der Waals surface area contributed by atoms with Crippen LogP contribution in [0.3, 0.4) is 0 Å². The van der Waals surface area contributed by atoms with Crippen LogP contribution in [0.15, 0.2) is 24.3 Å². The summed E-state index contributed by atoms with van der Waals surface area (Å²) >= 11 is 0. The maximum atomic E-state index is 12.2. The molecule has 0 saturated carbocycles. The summed E-state index contributed by atoms with van der Waals surface area (Å²) in [5.74, 6) is 0.538. The van der Waals surface area contributed by atoms with Crippen molar-refractivity contribution in [1.29, 1.82) is 0 Å².